The predicted molar refractivity (Wildman–Crippen MR) is 160 cm³/mol. The van der Waals surface area contributed by atoms with Crippen LogP contribution in [0.1, 0.15) is 0 Å². The Bertz CT molecular complexity index is 1870. The number of rotatable bonds is 5. The number of para-hydroxylation sites is 2. The number of fused-ring (bicyclic) bond motifs is 3. The topological polar surface area (TPSA) is 25.2 Å². The van der Waals surface area contributed by atoms with Crippen LogP contribution in [0.15, 0.2) is 150 Å². The fraction of sp³-hybridized carbons (Fsp3) is 0. The predicted octanol–water partition coefficient (Wildman–Crippen LogP) is 10.3. The largest absolute Gasteiger partial charge is 0.455 e. The molecule has 0 bridgehead atoms. The van der Waals surface area contributed by atoms with Gasteiger partial charge >= 0.3 is 0 Å². The third-order valence-corrected chi connectivity index (χ3v) is 7.09. The van der Waals surface area contributed by atoms with E-state index in [9.17, 15) is 0 Å². The van der Waals surface area contributed by atoms with Crippen LogP contribution in [0.25, 0.3) is 55.3 Å². The number of nitrogens with one attached hydrogen (secondary N) is 1. The van der Waals surface area contributed by atoms with E-state index < -0.39 is 0 Å². The quantitative estimate of drug-likeness (QED) is 0.261. The van der Waals surface area contributed by atoms with Gasteiger partial charge in [0.2, 0.25) is 0 Å². The van der Waals surface area contributed by atoms with Gasteiger partial charge in [0, 0.05) is 33.3 Å². The average molecular weight is 488 g/mol. The Labute approximate surface area is 221 Å². The highest BCUT2D eigenvalue weighted by Gasteiger charge is 2.12. The molecule has 1 N–H and O–H groups in total. The SMILES string of the molecule is c1ccc(-c2ccc(-c3ccccc3)c(Nc3ccc(-c4cccc5c4oc4ccccc45)cc3)c2)cc1. The second-order valence-electron chi connectivity index (χ2n) is 9.48. The maximum Gasteiger partial charge on any atom is 0.143 e. The van der Waals surface area contributed by atoms with Gasteiger partial charge in [0.25, 0.3) is 0 Å². The van der Waals surface area contributed by atoms with E-state index in [0.717, 1.165) is 44.4 Å². The van der Waals surface area contributed by atoms with Crippen LogP contribution >= 0.6 is 0 Å². The maximum absolute atomic E-state index is 6.27. The average Bonchev–Trinajstić information content (AvgIpc) is 3.38. The molecule has 1 aromatic heterocycles. The molecule has 0 aliphatic heterocycles. The first-order valence-electron chi connectivity index (χ1n) is 12.9. The highest BCUT2D eigenvalue weighted by molar-refractivity contribution is 6.09. The van der Waals surface area contributed by atoms with E-state index in [4.69, 9.17) is 4.42 Å². The second-order valence-corrected chi connectivity index (χ2v) is 9.48. The van der Waals surface area contributed by atoms with Crippen molar-refractivity contribution >= 4 is 33.3 Å². The van der Waals surface area contributed by atoms with Crippen LogP contribution in [-0.4, -0.2) is 0 Å². The molecule has 180 valence electrons. The lowest BCUT2D eigenvalue weighted by Gasteiger charge is -2.15. The molecule has 0 amide bonds. The van der Waals surface area contributed by atoms with Gasteiger partial charge in [-0.15, -0.1) is 0 Å². The summed E-state index contributed by atoms with van der Waals surface area (Å²) >= 11 is 0. The van der Waals surface area contributed by atoms with Gasteiger partial charge < -0.3 is 9.73 Å². The van der Waals surface area contributed by atoms with E-state index in [1.165, 1.54) is 22.3 Å². The molecule has 6 aromatic carbocycles. The molecule has 0 fully saturated rings. The summed E-state index contributed by atoms with van der Waals surface area (Å²) in [4.78, 5) is 0. The fourth-order valence-electron chi connectivity index (χ4n) is 5.19. The Morgan fingerprint density at radius 2 is 1.05 bits per heavy atom. The Morgan fingerprint density at radius 1 is 0.421 bits per heavy atom. The van der Waals surface area contributed by atoms with Crippen molar-refractivity contribution in [1.29, 1.82) is 0 Å². The fourth-order valence-corrected chi connectivity index (χ4v) is 5.19. The Kier molecular flexibility index (Phi) is 5.49. The first-order chi connectivity index (χ1) is 18.8. The molecule has 2 nitrogen and oxygen atoms in total. The lowest BCUT2D eigenvalue weighted by atomic mass is 9.98. The van der Waals surface area contributed by atoms with Crippen LogP contribution in [0.5, 0.6) is 0 Å². The standard InChI is InChI=1S/C36H25NO/c1-3-10-25(11-4-1)28-20-23-30(26-12-5-2-6-13-26)34(24-28)37-29-21-18-27(19-22-29)31-15-9-16-33-32-14-7-8-17-35(32)38-36(31)33/h1-24,37H. The molecule has 0 atom stereocenters. The van der Waals surface area contributed by atoms with E-state index in [0.29, 0.717) is 0 Å². The van der Waals surface area contributed by atoms with Gasteiger partial charge in [0.1, 0.15) is 11.2 Å². The van der Waals surface area contributed by atoms with E-state index in [2.05, 4.69) is 139 Å². The van der Waals surface area contributed by atoms with E-state index in [-0.39, 0.29) is 0 Å². The van der Waals surface area contributed by atoms with Crippen LogP contribution in [0.2, 0.25) is 0 Å². The molecular weight excluding hydrogens is 462 g/mol. The second kappa shape index (κ2) is 9.42. The van der Waals surface area contributed by atoms with Crippen molar-refractivity contribution in [3.05, 3.63) is 146 Å². The van der Waals surface area contributed by atoms with Gasteiger partial charge in [-0.2, -0.15) is 0 Å². The molecule has 0 aliphatic carbocycles. The molecule has 0 radical (unpaired) electrons. The number of hydrogen-bond acceptors (Lipinski definition) is 2. The van der Waals surface area contributed by atoms with Gasteiger partial charge in [-0.25, -0.2) is 0 Å². The molecule has 0 unspecified atom stereocenters. The van der Waals surface area contributed by atoms with E-state index >= 15 is 0 Å². The zero-order chi connectivity index (χ0) is 25.3. The van der Waals surface area contributed by atoms with Crippen molar-refractivity contribution < 1.29 is 4.42 Å². The van der Waals surface area contributed by atoms with Gasteiger partial charge in [0.05, 0.1) is 0 Å². The first kappa shape index (κ1) is 22.1. The van der Waals surface area contributed by atoms with Crippen molar-refractivity contribution in [2.24, 2.45) is 0 Å². The van der Waals surface area contributed by atoms with Gasteiger partial charge in [-0.1, -0.05) is 121 Å². The molecule has 0 spiro atoms. The molecule has 0 aliphatic rings. The number of hydrogen-bond donors (Lipinski definition) is 1. The van der Waals surface area contributed by atoms with E-state index in [1.54, 1.807) is 0 Å². The highest BCUT2D eigenvalue weighted by atomic mass is 16.3. The number of benzene rings is 6. The van der Waals surface area contributed by atoms with Crippen molar-refractivity contribution in [1.82, 2.24) is 0 Å². The van der Waals surface area contributed by atoms with Crippen molar-refractivity contribution in [2.75, 3.05) is 5.32 Å². The summed E-state index contributed by atoms with van der Waals surface area (Å²) in [5.74, 6) is 0. The van der Waals surface area contributed by atoms with Gasteiger partial charge in [0.15, 0.2) is 0 Å². The minimum Gasteiger partial charge on any atom is -0.455 e. The van der Waals surface area contributed by atoms with Crippen molar-refractivity contribution in [3.8, 4) is 33.4 Å². The third-order valence-electron chi connectivity index (χ3n) is 7.09. The summed E-state index contributed by atoms with van der Waals surface area (Å²) < 4.78 is 6.27. The van der Waals surface area contributed by atoms with Crippen molar-refractivity contribution in [2.45, 2.75) is 0 Å². The lowest BCUT2D eigenvalue weighted by Crippen LogP contribution is -1.94. The Balaban J connectivity index is 1.26. The molecule has 7 rings (SSSR count). The minimum atomic E-state index is 0.917. The maximum atomic E-state index is 6.27. The summed E-state index contributed by atoms with van der Waals surface area (Å²) in [6.07, 6.45) is 0. The minimum absolute atomic E-state index is 0.917. The smallest absolute Gasteiger partial charge is 0.143 e. The normalized spacial score (nSPS) is 11.2. The monoisotopic (exact) mass is 487 g/mol. The summed E-state index contributed by atoms with van der Waals surface area (Å²) in [6, 6.07) is 50.8. The third kappa shape index (κ3) is 4.03. The Morgan fingerprint density at radius 3 is 1.84 bits per heavy atom. The molecule has 2 heteroatoms. The van der Waals surface area contributed by atoms with Crippen LogP contribution in [0.3, 0.4) is 0 Å². The zero-order valence-corrected chi connectivity index (χ0v) is 20.8. The zero-order valence-electron chi connectivity index (χ0n) is 20.8. The van der Waals surface area contributed by atoms with Crippen LogP contribution in [-0.2, 0) is 0 Å². The molecular formula is C36H25NO. The van der Waals surface area contributed by atoms with Gasteiger partial charge in [-0.3, -0.25) is 0 Å². The molecule has 0 saturated carbocycles. The van der Waals surface area contributed by atoms with Crippen LogP contribution in [0.4, 0.5) is 11.4 Å². The number of furan rings is 1. The number of anilines is 2. The summed E-state index contributed by atoms with van der Waals surface area (Å²) in [7, 11) is 0. The molecule has 1 heterocycles. The summed E-state index contributed by atoms with van der Waals surface area (Å²) in [5, 5.41) is 5.99. The van der Waals surface area contributed by atoms with Crippen LogP contribution in [0, 0.1) is 0 Å². The molecule has 38 heavy (non-hydrogen) atoms. The Hall–Kier alpha value is -5.08. The first-order valence-corrected chi connectivity index (χ1v) is 12.9. The lowest BCUT2D eigenvalue weighted by molar-refractivity contribution is 0.670. The van der Waals surface area contributed by atoms with Crippen molar-refractivity contribution in [3.63, 3.8) is 0 Å². The van der Waals surface area contributed by atoms with Crippen LogP contribution < -0.4 is 5.32 Å². The highest BCUT2D eigenvalue weighted by Crippen LogP contribution is 2.37. The summed E-state index contributed by atoms with van der Waals surface area (Å²) in [6.45, 7) is 0. The van der Waals surface area contributed by atoms with Gasteiger partial charge in [-0.05, 0) is 46.5 Å². The molecule has 0 saturated heterocycles. The van der Waals surface area contributed by atoms with E-state index in [1.807, 2.05) is 12.1 Å². The molecule has 7 aromatic rings. The summed E-state index contributed by atoms with van der Waals surface area (Å²) in [5.41, 5.74) is 10.9.